The van der Waals surface area contributed by atoms with E-state index in [1.54, 1.807) is 0 Å². The van der Waals surface area contributed by atoms with Gasteiger partial charge < -0.3 is 0 Å². The summed E-state index contributed by atoms with van der Waals surface area (Å²) in [5, 5.41) is 10.5. The number of hydrogen-bond donors (Lipinski definition) is 2. The Morgan fingerprint density at radius 1 is 1.48 bits per heavy atom. The highest BCUT2D eigenvalue weighted by atomic mass is 33.1. The molecule has 5 nitrogen and oxygen atoms in total. The maximum atomic E-state index is 11.8. The molecule has 1 atom stereocenters. The molecule has 1 aromatic heterocycles. The van der Waals surface area contributed by atoms with Crippen molar-refractivity contribution in [2.75, 3.05) is 11.1 Å². The van der Waals surface area contributed by atoms with Crippen molar-refractivity contribution < 1.29 is 4.79 Å². The summed E-state index contributed by atoms with van der Waals surface area (Å²) in [7, 11) is 3.98. The quantitative estimate of drug-likeness (QED) is 0.563. The summed E-state index contributed by atoms with van der Waals surface area (Å²) in [6, 6.07) is 0. The van der Waals surface area contributed by atoms with Gasteiger partial charge in [0.15, 0.2) is 0 Å². The molecule has 118 valence electrons. The maximum absolute atomic E-state index is 11.8. The average molecular weight is 329 g/mol. The second-order valence-electron chi connectivity index (χ2n) is 5.83. The van der Waals surface area contributed by atoms with Gasteiger partial charge in [-0.2, -0.15) is 4.98 Å². The summed E-state index contributed by atoms with van der Waals surface area (Å²) in [5.74, 6) is 3.04. The van der Waals surface area contributed by atoms with E-state index in [0.29, 0.717) is 18.3 Å². The zero-order valence-corrected chi connectivity index (χ0v) is 14.4. The molecule has 0 aromatic carbocycles. The van der Waals surface area contributed by atoms with Gasteiger partial charge in [-0.1, -0.05) is 41.9 Å². The van der Waals surface area contributed by atoms with Crippen LogP contribution in [0.25, 0.3) is 0 Å². The van der Waals surface area contributed by atoms with E-state index in [1.807, 2.05) is 21.6 Å². The molecule has 0 radical (unpaired) electrons. The van der Waals surface area contributed by atoms with Crippen LogP contribution in [0.3, 0.4) is 0 Å². The number of unbranched alkanes of at least 4 members (excludes halogenated alkanes) is 1. The van der Waals surface area contributed by atoms with Crippen molar-refractivity contribution in [2.24, 2.45) is 5.92 Å². The highest BCUT2D eigenvalue weighted by Gasteiger charge is 2.16. The molecular formula is C14H24N4OS2. The van der Waals surface area contributed by atoms with E-state index in [9.17, 15) is 4.79 Å². The Kier molecular flexibility index (Phi) is 6.89. The monoisotopic (exact) mass is 328 g/mol. The van der Waals surface area contributed by atoms with Crippen LogP contribution < -0.4 is 5.32 Å². The van der Waals surface area contributed by atoms with Gasteiger partial charge in [-0.3, -0.25) is 15.2 Å². The Hall–Kier alpha value is -0.690. The zero-order valence-electron chi connectivity index (χ0n) is 12.7. The van der Waals surface area contributed by atoms with Gasteiger partial charge in [-0.15, -0.1) is 5.10 Å². The highest BCUT2D eigenvalue weighted by Crippen LogP contribution is 2.39. The molecule has 2 rings (SSSR count). The predicted octanol–water partition coefficient (Wildman–Crippen LogP) is 3.66. The molecule has 1 fully saturated rings. The molecule has 0 bridgehead atoms. The van der Waals surface area contributed by atoms with Crippen molar-refractivity contribution in [1.29, 1.82) is 0 Å². The van der Waals surface area contributed by atoms with Crippen LogP contribution in [0.2, 0.25) is 0 Å². The van der Waals surface area contributed by atoms with Gasteiger partial charge in [-0.25, -0.2) is 0 Å². The normalized spacial score (nSPS) is 18.3. The number of aromatic amines is 1. The van der Waals surface area contributed by atoms with Gasteiger partial charge >= 0.3 is 0 Å². The lowest BCUT2D eigenvalue weighted by Gasteiger charge is -2.06. The van der Waals surface area contributed by atoms with E-state index >= 15 is 0 Å². The highest BCUT2D eigenvalue weighted by molar-refractivity contribution is 8.77. The summed E-state index contributed by atoms with van der Waals surface area (Å²) >= 11 is 0. The topological polar surface area (TPSA) is 70.7 Å². The molecule has 0 aliphatic carbocycles. The molecule has 1 saturated heterocycles. The van der Waals surface area contributed by atoms with E-state index in [1.165, 1.54) is 18.6 Å². The molecule has 1 amide bonds. The van der Waals surface area contributed by atoms with Crippen LogP contribution in [0.5, 0.6) is 0 Å². The molecule has 1 aliphatic rings. The Bertz CT molecular complexity index is 444. The molecule has 2 heterocycles. The van der Waals surface area contributed by atoms with Crippen LogP contribution >= 0.6 is 21.6 Å². The van der Waals surface area contributed by atoms with Crippen LogP contribution in [-0.2, 0) is 11.2 Å². The molecule has 0 saturated carbocycles. The van der Waals surface area contributed by atoms with Gasteiger partial charge in [-0.05, 0) is 25.2 Å². The maximum Gasteiger partial charge on any atom is 0.248 e. The van der Waals surface area contributed by atoms with Gasteiger partial charge in [0.2, 0.25) is 11.9 Å². The number of H-pyrrole nitrogens is 1. The summed E-state index contributed by atoms with van der Waals surface area (Å²) in [4.78, 5) is 16.1. The summed E-state index contributed by atoms with van der Waals surface area (Å²) < 4.78 is 0. The van der Waals surface area contributed by atoms with Crippen molar-refractivity contribution in [3.05, 3.63) is 5.82 Å². The van der Waals surface area contributed by atoms with Crippen molar-refractivity contribution in [3.8, 4) is 0 Å². The van der Waals surface area contributed by atoms with Crippen LogP contribution in [0.15, 0.2) is 0 Å². The smallest absolute Gasteiger partial charge is 0.248 e. The fourth-order valence-corrected chi connectivity index (χ4v) is 5.27. The van der Waals surface area contributed by atoms with Crippen molar-refractivity contribution in [1.82, 2.24) is 15.2 Å². The first-order valence-electron chi connectivity index (χ1n) is 7.63. The van der Waals surface area contributed by atoms with Crippen LogP contribution in [0, 0.1) is 5.92 Å². The summed E-state index contributed by atoms with van der Waals surface area (Å²) in [6.07, 6.45) is 6.01. The number of hydrogen-bond acceptors (Lipinski definition) is 5. The number of carbonyl (C=O) groups is 1. The first kappa shape index (κ1) is 16.7. The van der Waals surface area contributed by atoms with E-state index in [4.69, 9.17) is 0 Å². The molecule has 1 aliphatic heterocycles. The zero-order chi connectivity index (χ0) is 15.1. The number of amides is 1. The molecular weight excluding hydrogens is 304 g/mol. The minimum atomic E-state index is 0.0125. The minimum Gasteiger partial charge on any atom is -0.293 e. The number of carbonyl (C=O) groups excluding carboxylic acids is 1. The van der Waals surface area contributed by atoms with E-state index in [-0.39, 0.29) is 5.91 Å². The second-order valence-corrected chi connectivity index (χ2v) is 8.61. The third-order valence-electron chi connectivity index (χ3n) is 3.29. The standard InChI is InChI=1S/C14H24N4OS2/c1-10(2)9-12-15-14(18-17-12)16-13(19)6-4-3-5-11-7-8-20-21-11/h10-11H,3-9H2,1-2H3,(H2,15,16,17,18,19). The van der Waals surface area contributed by atoms with E-state index < -0.39 is 0 Å². The SMILES string of the molecule is CC(C)Cc1nc(NC(=O)CCCCC2CCSS2)n[nH]1. The number of anilines is 1. The number of nitrogens with zero attached hydrogens (tertiary/aromatic N) is 2. The number of nitrogens with one attached hydrogen (secondary N) is 2. The summed E-state index contributed by atoms with van der Waals surface area (Å²) in [5.41, 5.74) is 0. The number of aromatic nitrogens is 3. The van der Waals surface area contributed by atoms with Crippen LogP contribution in [0.4, 0.5) is 5.95 Å². The van der Waals surface area contributed by atoms with Gasteiger partial charge in [0.05, 0.1) is 0 Å². The van der Waals surface area contributed by atoms with Crippen molar-refractivity contribution in [2.45, 2.75) is 57.6 Å². The first-order chi connectivity index (χ1) is 10.1. The van der Waals surface area contributed by atoms with Crippen LogP contribution in [0.1, 0.15) is 51.8 Å². The van der Waals surface area contributed by atoms with E-state index in [0.717, 1.165) is 30.3 Å². The Morgan fingerprint density at radius 3 is 3.05 bits per heavy atom. The Labute approximate surface area is 134 Å². The van der Waals surface area contributed by atoms with Crippen molar-refractivity contribution in [3.63, 3.8) is 0 Å². The van der Waals surface area contributed by atoms with Crippen molar-refractivity contribution >= 4 is 33.4 Å². The third kappa shape index (κ3) is 6.30. The third-order valence-corrected chi connectivity index (χ3v) is 6.30. The molecule has 1 unspecified atom stereocenters. The minimum absolute atomic E-state index is 0.0125. The lowest BCUT2D eigenvalue weighted by molar-refractivity contribution is -0.116. The fraction of sp³-hybridized carbons (Fsp3) is 0.786. The average Bonchev–Trinajstić information content (AvgIpc) is 3.06. The lowest BCUT2D eigenvalue weighted by atomic mass is 10.1. The van der Waals surface area contributed by atoms with Gasteiger partial charge in [0, 0.05) is 23.8 Å². The predicted molar refractivity (Wildman–Crippen MR) is 90.5 cm³/mol. The second kappa shape index (κ2) is 8.68. The molecule has 1 aromatic rings. The fourth-order valence-electron chi connectivity index (χ4n) is 2.24. The van der Waals surface area contributed by atoms with E-state index in [2.05, 4.69) is 34.3 Å². The Balaban J connectivity index is 1.61. The largest absolute Gasteiger partial charge is 0.293 e. The molecule has 0 spiro atoms. The van der Waals surface area contributed by atoms with Gasteiger partial charge in [0.25, 0.3) is 0 Å². The molecule has 7 heteroatoms. The molecule has 21 heavy (non-hydrogen) atoms. The number of rotatable bonds is 8. The van der Waals surface area contributed by atoms with Gasteiger partial charge in [0.1, 0.15) is 5.82 Å². The Morgan fingerprint density at radius 2 is 2.33 bits per heavy atom. The molecule has 2 N–H and O–H groups in total. The summed E-state index contributed by atoms with van der Waals surface area (Å²) in [6.45, 7) is 4.25. The first-order valence-corrected chi connectivity index (χ1v) is 10.0. The van der Waals surface area contributed by atoms with Crippen LogP contribution in [-0.4, -0.2) is 32.1 Å². The lowest BCUT2D eigenvalue weighted by Crippen LogP contribution is -2.12.